The molecule has 104 valence electrons. The lowest BCUT2D eigenvalue weighted by Crippen LogP contribution is -2.58. The van der Waals surface area contributed by atoms with Crippen LogP contribution in [0, 0.1) is 0 Å². The quantitative estimate of drug-likeness (QED) is 0.782. The number of nitrogens with zero attached hydrogens (tertiary/aromatic N) is 1. The van der Waals surface area contributed by atoms with Gasteiger partial charge in [-0.15, -0.1) is 0 Å². The van der Waals surface area contributed by atoms with Gasteiger partial charge in [-0.05, 0) is 52.9 Å². The molecule has 1 amide bonds. The third-order valence-corrected chi connectivity index (χ3v) is 4.28. The maximum Gasteiger partial charge on any atom is 0.411 e. The number of amides is 1. The lowest BCUT2D eigenvalue weighted by atomic mass is 9.84. The van der Waals surface area contributed by atoms with Gasteiger partial charge in [0.15, 0.2) is 0 Å². The van der Waals surface area contributed by atoms with E-state index in [4.69, 9.17) is 10.5 Å². The summed E-state index contributed by atoms with van der Waals surface area (Å²) >= 11 is 0. The highest BCUT2D eigenvalue weighted by atomic mass is 16.6. The van der Waals surface area contributed by atoms with Crippen LogP contribution in [0.3, 0.4) is 0 Å². The van der Waals surface area contributed by atoms with Gasteiger partial charge in [0.2, 0.25) is 0 Å². The first-order valence-corrected chi connectivity index (χ1v) is 7.05. The van der Waals surface area contributed by atoms with Crippen molar-refractivity contribution in [2.75, 3.05) is 0 Å². The van der Waals surface area contributed by atoms with Gasteiger partial charge >= 0.3 is 6.09 Å². The zero-order valence-electron chi connectivity index (χ0n) is 12.0. The molecule has 2 saturated heterocycles. The predicted octanol–water partition coefficient (Wildman–Crippen LogP) is 2.66. The van der Waals surface area contributed by atoms with Gasteiger partial charge in [-0.1, -0.05) is 6.92 Å². The summed E-state index contributed by atoms with van der Waals surface area (Å²) in [7, 11) is 0. The minimum atomic E-state index is -0.426. The topological polar surface area (TPSA) is 55.6 Å². The third-order valence-electron chi connectivity index (χ3n) is 4.28. The predicted molar refractivity (Wildman–Crippen MR) is 71.3 cm³/mol. The number of piperidine rings is 1. The van der Waals surface area contributed by atoms with Gasteiger partial charge < -0.3 is 10.5 Å². The second-order valence-electron chi connectivity index (χ2n) is 6.82. The van der Waals surface area contributed by atoms with Crippen molar-refractivity contribution in [2.45, 2.75) is 83.0 Å². The van der Waals surface area contributed by atoms with Gasteiger partial charge in [-0.25, -0.2) is 4.79 Å². The number of nitrogens with two attached hydrogens (primary N) is 1. The molecule has 4 nitrogen and oxygen atoms in total. The van der Waals surface area contributed by atoms with Crippen molar-refractivity contribution in [1.82, 2.24) is 4.90 Å². The Morgan fingerprint density at radius 3 is 2.72 bits per heavy atom. The molecule has 2 N–H and O–H groups in total. The zero-order valence-corrected chi connectivity index (χ0v) is 12.0. The van der Waals surface area contributed by atoms with Crippen molar-refractivity contribution in [3.8, 4) is 0 Å². The Morgan fingerprint density at radius 1 is 1.50 bits per heavy atom. The number of carbonyl (C=O) groups is 1. The first kappa shape index (κ1) is 13.7. The number of carbonyl (C=O) groups excluding carboxylic acids is 1. The van der Waals surface area contributed by atoms with Crippen LogP contribution in [0.5, 0.6) is 0 Å². The summed E-state index contributed by atoms with van der Waals surface area (Å²) in [5, 5.41) is 0. The standard InChI is InChI=1S/C14H26N2O2/c1-5-14-7-6-11(8-10(15)9-14)16(14)12(17)18-13(2,3)4/h10-11H,5-9,15H2,1-4H3. The number of hydrogen-bond donors (Lipinski definition) is 1. The number of hydrogen-bond acceptors (Lipinski definition) is 3. The van der Waals surface area contributed by atoms with Crippen molar-refractivity contribution in [1.29, 1.82) is 0 Å². The van der Waals surface area contributed by atoms with Crippen LogP contribution in [0.25, 0.3) is 0 Å². The highest BCUT2D eigenvalue weighted by molar-refractivity contribution is 5.70. The fraction of sp³-hybridized carbons (Fsp3) is 0.929. The molecule has 0 aromatic rings. The Balaban J connectivity index is 2.19. The molecule has 18 heavy (non-hydrogen) atoms. The van der Waals surface area contributed by atoms with Crippen molar-refractivity contribution in [3.05, 3.63) is 0 Å². The van der Waals surface area contributed by atoms with Gasteiger partial charge in [-0.3, -0.25) is 4.90 Å². The number of ether oxygens (including phenoxy) is 1. The molecule has 2 aliphatic heterocycles. The minimum absolute atomic E-state index is 0.0509. The van der Waals surface area contributed by atoms with Crippen LogP contribution in [-0.4, -0.2) is 34.2 Å². The largest absolute Gasteiger partial charge is 0.444 e. The van der Waals surface area contributed by atoms with Crippen LogP contribution in [0.1, 0.15) is 59.8 Å². The maximum absolute atomic E-state index is 12.4. The molecule has 3 unspecified atom stereocenters. The molecule has 0 aliphatic carbocycles. The zero-order chi connectivity index (χ0) is 13.6. The summed E-state index contributed by atoms with van der Waals surface area (Å²) in [6, 6.07) is 0.514. The van der Waals surface area contributed by atoms with Crippen molar-refractivity contribution < 1.29 is 9.53 Å². The molecule has 2 heterocycles. The van der Waals surface area contributed by atoms with E-state index in [2.05, 4.69) is 6.92 Å². The van der Waals surface area contributed by atoms with Crippen LogP contribution in [0.2, 0.25) is 0 Å². The molecule has 2 fully saturated rings. The van der Waals surface area contributed by atoms with Crippen LogP contribution < -0.4 is 5.73 Å². The second kappa shape index (κ2) is 4.41. The number of rotatable bonds is 1. The highest BCUT2D eigenvalue weighted by Gasteiger charge is 2.53. The molecule has 0 aromatic carbocycles. The average Bonchev–Trinajstić information content (AvgIpc) is 2.46. The first-order valence-electron chi connectivity index (χ1n) is 7.05. The van der Waals surface area contributed by atoms with E-state index in [9.17, 15) is 4.79 Å². The van der Waals surface area contributed by atoms with Crippen LogP contribution in [0.15, 0.2) is 0 Å². The summed E-state index contributed by atoms with van der Waals surface area (Å²) in [5.74, 6) is 0. The SMILES string of the molecule is CCC12CCC(CC(N)C1)N2C(=O)OC(C)(C)C. The van der Waals surface area contributed by atoms with Crippen molar-refractivity contribution in [2.24, 2.45) is 5.73 Å². The van der Waals surface area contributed by atoms with Crippen LogP contribution in [0.4, 0.5) is 4.79 Å². The molecule has 2 aliphatic rings. The van der Waals surface area contributed by atoms with E-state index in [1.54, 1.807) is 0 Å². The highest BCUT2D eigenvalue weighted by Crippen LogP contribution is 2.46. The Hall–Kier alpha value is -0.770. The van der Waals surface area contributed by atoms with E-state index in [-0.39, 0.29) is 23.7 Å². The van der Waals surface area contributed by atoms with E-state index in [0.717, 1.165) is 32.1 Å². The molecule has 0 spiro atoms. The molecule has 0 saturated carbocycles. The molecule has 2 rings (SSSR count). The maximum atomic E-state index is 12.4. The van der Waals surface area contributed by atoms with E-state index in [0.29, 0.717) is 0 Å². The molecule has 2 bridgehead atoms. The molecule has 4 heteroatoms. The molecule has 0 radical (unpaired) electrons. The van der Waals surface area contributed by atoms with E-state index < -0.39 is 5.60 Å². The fourth-order valence-electron chi connectivity index (χ4n) is 3.56. The van der Waals surface area contributed by atoms with Gasteiger partial charge in [0, 0.05) is 17.6 Å². The fourth-order valence-corrected chi connectivity index (χ4v) is 3.56. The Labute approximate surface area is 110 Å². The Morgan fingerprint density at radius 2 is 2.17 bits per heavy atom. The van der Waals surface area contributed by atoms with Gasteiger partial charge in [0.25, 0.3) is 0 Å². The normalized spacial score (nSPS) is 35.7. The lowest BCUT2D eigenvalue weighted by molar-refractivity contribution is -0.0183. The van der Waals surface area contributed by atoms with Crippen LogP contribution in [-0.2, 0) is 4.74 Å². The molecular formula is C14H26N2O2. The molecule has 0 aromatic heterocycles. The Bertz CT molecular complexity index is 337. The van der Waals surface area contributed by atoms with Gasteiger partial charge in [0.1, 0.15) is 5.60 Å². The van der Waals surface area contributed by atoms with Gasteiger partial charge in [-0.2, -0.15) is 0 Å². The second-order valence-corrected chi connectivity index (χ2v) is 6.82. The lowest BCUT2D eigenvalue weighted by Gasteiger charge is -2.46. The summed E-state index contributed by atoms with van der Waals surface area (Å²) in [4.78, 5) is 14.4. The van der Waals surface area contributed by atoms with Gasteiger partial charge in [0.05, 0.1) is 0 Å². The summed E-state index contributed by atoms with van der Waals surface area (Å²) < 4.78 is 5.57. The third kappa shape index (κ3) is 2.35. The number of fused-ring (bicyclic) bond motifs is 2. The summed E-state index contributed by atoms with van der Waals surface area (Å²) in [5.41, 5.74) is 5.65. The van der Waals surface area contributed by atoms with E-state index in [1.807, 2.05) is 25.7 Å². The molecular weight excluding hydrogens is 228 g/mol. The Kier molecular flexibility index (Phi) is 3.34. The van der Waals surface area contributed by atoms with Crippen molar-refractivity contribution >= 4 is 6.09 Å². The monoisotopic (exact) mass is 254 g/mol. The summed E-state index contributed by atoms with van der Waals surface area (Å²) in [6.45, 7) is 7.90. The summed E-state index contributed by atoms with van der Waals surface area (Å²) in [6.07, 6.45) is 4.79. The average molecular weight is 254 g/mol. The first-order chi connectivity index (χ1) is 8.27. The minimum Gasteiger partial charge on any atom is -0.444 e. The van der Waals surface area contributed by atoms with Crippen molar-refractivity contribution in [3.63, 3.8) is 0 Å². The smallest absolute Gasteiger partial charge is 0.411 e. The van der Waals surface area contributed by atoms with E-state index >= 15 is 0 Å². The van der Waals surface area contributed by atoms with E-state index in [1.165, 1.54) is 0 Å². The van der Waals surface area contributed by atoms with Crippen LogP contribution >= 0.6 is 0 Å². The molecule has 3 atom stereocenters.